The van der Waals surface area contributed by atoms with Gasteiger partial charge in [-0.15, -0.1) is 11.3 Å². The van der Waals surface area contributed by atoms with Crippen LogP contribution < -0.4 is 10.1 Å². The van der Waals surface area contributed by atoms with Crippen molar-refractivity contribution in [3.8, 4) is 5.75 Å². The first kappa shape index (κ1) is 24.2. The smallest absolute Gasteiger partial charge is 0.264 e. The third-order valence-electron chi connectivity index (χ3n) is 6.06. The minimum atomic E-state index is -0.358. The topological polar surface area (TPSA) is 67.9 Å². The molecule has 6 nitrogen and oxygen atoms in total. The van der Waals surface area contributed by atoms with Crippen LogP contribution in [0.25, 0.3) is 10.1 Å². The molecule has 1 N–H and O–H groups in total. The molecule has 0 spiro atoms. The molecular formula is C26H29FN2O4S. The van der Waals surface area contributed by atoms with Gasteiger partial charge < -0.3 is 19.7 Å². The van der Waals surface area contributed by atoms with E-state index in [-0.39, 0.29) is 30.2 Å². The molecule has 1 fully saturated rings. The van der Waals surface area contributed by atoms with E-state index < -0.39 is 0 Å². The van der Waals surface area contributed by atoms with Gasteiger partial charge in [-0.3, -0.25) is 9.59 Å². The number of halogens is 1. The second-order valence-electron chi connectivity index (χ2n) is 8.33. The van der Waals surface area contributed by atoms with Crippen LogP contribution in [0.1, 0.15) is 34.5 Å². The lowest BCUT2D eigenvalue weighted by molar-refractivity contribution is -0.126. The number of benzene rings is 2. The Balaban J connectivity index is 1.46. The molecule has 34 heavy (non-hydrogen) atoms. The van der Waals surface area contributed by atoms with E-state index in [1.54, 1.807) is 18.1 Å². The molecule has 1 aliphatic rings. The first-order chi connectivity index (χ1) is 16.6. The van der Waals surface area contributed by atoms with Gasteiger partial charge in [0.2, 0.25) is 5.91 Å². The summed E-state index contributed by atoms with van der Waals surface area (Å²) in [7, 11) is 1.64. The first-order valence-electron chi connectivity index (χ1n) is 11.5. The molecule has 1 saturated heterocycles. The highest BCUT2D eigenvalue weighted by Gasteiger charge is 2.30. The van der Waals surface area contributed by atoms with Crippen molar-refractivity contribution >= 4 is 33.2 Å². The molecule has 2 amide bonds. The van der Waals surface area contributed by atoms with Crippen molar-refractivity contribution in [3.63, 3.8) is 0 Å². The number of para-hydroxylation sites is 1. The monoisotopic (exact) mass is 484 g/mol. The summed E-state index contributed by atoms with van der Waals surface area (Å²) in [5.41, 5.74) is 0.574. The van der Waals surface area contributed by atoms with Crippen LogP contribution in [0.4, 0.5) is 4.39 Å². The molecule has 2 heterocycles. The number of methoxy groups -OCH3 is 1. The molecule has 0 saturated carbocycles. The lowest BCUT2D eigenvalue weighted by atomic mass is 9.95. The quantitative estimate of drug-likeness (QED) is 0.450. The molecule has 8 heteroatoms. The summed E-state index contributed by atoms with van der Waals surface area (Å²) in [5, 5.41) is 3.39. The number of hydrogen-bond acceptors (Lipinski definition) is 5. The largest absolute Gasteiger partial charge is 0.489 e. The number of thiophene rings is 1. The van der Waals surface area contributed by atoms with Gasteiger partial charge in [0.25, 0.3) is 5.91 Å². The third-order valence-corrected chi connectivity index (χ3v) is 7.25. The van der Waals surface area contributed by atoms with E-state index >= 15 is 0 Å². The third kappa shape index (κ3) is 5.56. The van der Waals surface area contributed by atoms with Crippen LogP contribution in [0.15, 0.2) is 48.5 Å². The van der Waals surface area contributed by atoms with E-state index in [0.29, 0.717) is 60.7 Å². The number of carbonyl (C=O) groups excluding carboxylic acids is 2. The summed E-state index contributed by atoms with van der Waals surface area (Å²) in [6.45, 7) is 2.28. The van der Waals surface area contributed by atoms with Crippen molar-refractivity contribution in [3.05, 3.63) is 64.8 Å². The molecule has 180 valence electrons. The maximum atomic E-state index is 14.8. The number of likely N-dealkylation sites (tertiary alicyclic amines) is 1. The molecule has 2 aromatic carbocycles. The number of nitrogens with one attached hydrogen (secondary N) is 1. The Kier molecular flexibility index (Phi) is 8.13. The summed E-state index contributed by atoms with van der Waals surface area (Å²) in [6, 6.07) is 14.2. The zero-order valence-corrected chi connectivity index (χ0v) is 20.0. The Hall–Kier alpha value is -2.97. The predicted octanol–water partition coefficient (Wildman–Crippen LogP) is 4.62. The summed E-state index contributed by atoms with van der Waals surface area (Å²) < 4.78 is 26.4. The average molecular weight is 485 g/mol. The SMILES string of the molecule is COCCCNC(=O)C1CCN(C(=O)c2sc3cccc(F)c3c2COc2ccccc2)CC1. The van der Waals surface area contributed by atoms with E-state index in [0.717, 1.165) is 11.1 Å². The highest BCUT2D eigenvalue weighted by molar-refractivity contribution is 7.21. The first-order valence-corrected chi connectivity index (χ1v) is 12.3. The average Bonchev–Trinajstić information content (AvgIpc) is 3.25. The maximum Gasteiger partial charge on any atom is 0.264 e. The van der Waals surface area contributed by atoms with Gasteiger partial charge in [0.15, 0.2) is 0 Å². The van der Waals surface area contributed by atoms with Crippen LogP contribution in [0.2, 0.25) is 0 Å². The Morgan fingerprint density at radius 2 is 1.88 bits per heavy atom. The van der Waals surface area contributed by atoms with Crippen molar-refractivity contribution in [2.75, 3.05) is 33.4 Å². The fourth-order valence-corrected chi connectivity index (χ4v) is 5.40. The number of hydrogen-bond donors (Lipinski definition) is 1. The molecule has 4 rings (SSSR count). The van der Waals surface area contributed by atoms with Gasteiger partial charge in [-0.2, -0.15) is 0 Å². The van der Waals surface area contributed by atoms with Gasteiger partial charge in [0, 0.05) is 54.9 Å². The molecule has 0 radical (unpaired) electrons. The zero-order chi connectivity index (χ0) is 23.9. The highest BCUT2D eigenvalue weighted by atomic mass is 32.1. The second kappa shape index (κ2) is 11.4. The van der Waals surface area contributed by atoms with Crippen molar-refractivity contribution in [2.45, 2.75) is 25.9 Å². The van der Waals surface area contributed by atoms with E-state index in [9.17, 15) is 14.0 Å². The minimum absolute atomic E-state index is 0.0316. The van der Waals surface area contributed by atoms with E-state index in [4.69, 9.17) is 9.47 Å². The molecule has 0 bridgehead atoms. The van der Waals surface area contributed by atoms with Crippen LogP contribution in [0, 0.1) is 11.7 Å². The lowest BCUT2D eigenvalue weighted by Gasteiger charge is -2.31. The fourth-order valence-electron chi connectivity index (χ4n) is 4.21. The molecule has 3 aromatic rings. The molecule has 1 aliphatic heterocycles. The summed E-state index contributed by atoms with van der Waals surface area (Å²) in [5.74, 6) is 0.0971. The number of rotatable bonds is 9. The van der Waals surface area contributed by atoms with Gasteiger partial charge in [-0.25, -0.2) is 4.39 Å². The Morgan fingerprint density at radius 1 is 1.12 bits per heavy atom. The summed E-state index contributed by atoms with van der Waals surface area (Å²) >= 11 is 1.30. The number of nitrogens with zero attached hydrogens (tertiary/aromatic N) is 1. The Morgan fingerprint density at radius 3 is 2.62 bits per heavy atom. The molecule has 1 aromatic heterocycles. The molecule has 0 aliphatic carbocycles. The van der Waals surface area contributed by atoms with Crippen molar-refractivity contribution in [1.82, 2.24) is 10.2 Å². The van der Waals surface area contributed by atoms with Crippen molar-refractivity contribution < 1.29 is 23.5 Å². The van der Waals surface area contributed by atoms with Crippen LogP contribution >= 0.6 is 11.3 Å². The maximum absolute atomic E-state index is 14.8. The normalized spacial score (nSPS) is 14.4. The van der Waals surface area contributed by atoms with E-state index in [1.165, 1.54) is 17.4 Å². The number of ether oxygens (including phenoxy) is 2. The standard InChI is InChI=1S/C26H29FN2O4S/c1-32-16-6-13-28-25(30)18-11-14-29(15-12-18)26(31)24-20(17-33-19-7-3-2-4-8-19)23-21(27)9-5-10-22(23)34-24/h2-5,7-10,18H,6,11-17H2,1H3,(H,28,30). The number of fused-ring (bicyclic) bond motifs is 1. The number of carbonyl (C=O) groups is 2. The van der Waals surface area contributed by atoms with Crippen LogP contribution in [-0.4, -0.2) is 50.1 Å². The van der Waals surface area contributed by atoms with Gasteiger partial charge in [0.05, 0.1) is 4.88 Å². The summed E-state index contributed by atoms with van der Waals surface area (Å²) in [6.07, 6.45) is 1.99. The second-order valence-corrected chi connectivity index (χ2v) is 9.38. The van der Waals surface area contributed by atoms with Crippen molar-refractivity contribution in [1.29, 1.82) is 0 Å². The van der Waals surface area contributed by atoms with E-state index in [2.05, 4.69) is 5.32 Å². The highest BCUT2D eigenvalue weighted by Crippen LogP contribution is 2.35. The van der Waals surface area contributed by atoms with Crippen LogP contribution in [-0.2, 0) is 16.1 Å². The van der Waals surface area contributed by atoms with Crippen molar-refractivity contribution in [2.24, 2.45) is 5.92 Å². The van der Waals surface area contributed by atoms with Gasteiger partial charge in [-0.05, 0) is 43.5 Å². The zero-order valence-electron chi connectivity index (χ0n) is 19.2. The van der Waals surface area contributed by atoms with Gasteiger partial charge in [-0.1, -0.05) is 24.3 Å². The van der Waals surface area contributed by atoms with Crippen LogP contribution in [0.3, 0.4) is 0 Å². The number of amides is 2. The van der Waals surface area contributed by atoms with Gasteiger partial charge >= 0.3 is 0 Å². The van der Waals surface area contributed by atoms with Gasteiger partial charge in [0.1, 0.15) is 18.2 Å². The minimum Gasteiger partial charge on any atom is -0.489 e. The Labute approximate surface area is 202 Å². The predicted molar refractivity (Wildman–Crippen MR) is 131 cm³/mol. The lowest BCUT2D eigenvalue weighted by Crippen LogP contribution is -2.43. The van der Waals surface area contributed by atoms with E-state index in [1.807, 2.05) is 36.4 Å². The van der Waals surface area contributed by atoms with Crippen LogP contribution in [0.5, 0.6) is 5.75 Å². The molecule has 0 unspecified atom stereocenters. The number of piperidine rings is 1. The Bertz CT molecular complexity index is 1130. The molecule has 0 atom stereocenters. The summed E-state index contributed by atoms with van der Waals surface area (Å²) in [4.78, 5) is 28.2. The fraction of sp³-hybridized carbons (Fsp3) is 0.385. The molecular weight excluding hydrogens is 455 g/mol.